The summed E-state index contributed by atoms with van der Waals surface area (Å²) in [7, 11) is 0. The van der Waals surface area contributed by atoms with E-state index in [1.54, 1.807) is 0 Å². The molecule has 0 aliphatic heterocycles. The van der Waals surface area contributed by atoms with E-state index in [1.807, 2.05) is 13.8 Å². The summed E-state index contributed by atoms with van der Waals surface area (Å²) in [5.74, 6) is 0.681. The quantitative estimate of drug-likeness (QED) is 0.659. The van der Waals surface area contributed by atoms with E-state index in [2.05, 4.69) is 0 Å². The topological polar surface area (TPSA) is 69.1 Å². The van der Waals surface area contributed by atoms with E-state index in [4.69, 9.17) is 11.5 Å². The maximum atomic E-state index is 11.8. The first-order chi connectivity index (χ1) is 6.06. The molecule has 0 aromatic carbocycles. The number of carbonyl (C=O) groups excluding carboxylic acids is 1. The molecule has 0 saturated heterocycles. The minimum atomic E-state index is -0.519. The normalized spacial score (nSPS) is 34.3. The molecule has 1 saturated carbocycles. The highest BCUT2D eigenvalue weighted by molar-refractivity contribution is 5.93. The van der Waals surface area contributed by atoms with Gasteiger partial charge in [0.2, 0.25) is 0 Å². The van der Waals surface area contributed by atoms with Crippen LogP contribution in [0.5, 0.6) is 0 Å². The molecule has 1 fully saturated rings. The Hall–Kier alpha value is -0.410. The second kappa shape index (κ2) is 3.76. The van der Waals surface area contributed by atoms with Gasteiger partial charge in [0.1, 0.15) is 0 Å². The van der Waals surface area contributed by atoms with Crippen LogP contribution in [0.4, 0.5) is 0 Å². The van der Waals surface area contributed by atoms with Crippen LogP contribution in [-0.2, 0) is 4.79 Å². The summed E-state index contributed by atoms with van der Waals surface area (Å²) in [6, 6.07) is 0. The summed E-state index contributed by atoms with van der Waals surface area (Å²) in [6.45, 7) is 4.61. The van der Waals surface area contributed by atoms with Crippen LogP contribution in [0.25, 0.3) is 0 Å². The molecule has 3 heteroatoms. The van der Waals surface area contributed by atoms with Gasteiger partial charge in [-0.25, -0.2) is 0 Å². The standard InChI is InChI=1S/C10H20N2O/c1-3-7(2)9(13)10(12)6-8(10)4-5-11/h7-8H,3-6,11-12H2,1-2H3/t7?,8-,10?/m0/s1. The Bertz CT molecular complexity index is 205. The second-order valence-corrected chi connectivity index (χ2v) is 4.19. The SMILES string of the molecule is CCC(C)C(=O)C1(N)C[C@@H]1CCN. The minimum absolute atomic E-state index is 0.104. The first kappa shape index (κ1) is 10.7. The molecular formula is C10H20N2O. The first-order valence-corrected chi connectivity index (χ1v) is 5.09. The zero-order valence-electron chi connectivity index (χ0n) is 8.55. The maximum Gasteiger partial charge on any atom is 0.155 e. The molecule has 1 aliphatic rings. The summed E-state index contributed by atoms with van der Waals surface area (Å²) in [5.41, 5.74) is 10.9. The van der Waals surface area contributed by atoms with Gasteiger partial charge >= 0.3 is 0 Å². The average Bonchev–Trinajstić information content (AvgIpc) is 2.77. The predicted molar refractivity (Wildman–Crippen MR) is 53.2 cm³/mol. The Morgan fingerprint density at radius 2 is 2.31 bits per heavy atom. The van der Waals surface area contributed by atoms with E-state index < -0.39 is 5.54 Å². The van der Waals surface area contributed by atoms with Crippen molar-refractivity contribution in [3.05, 3.63) is 0 Å². The lowest BCUT2D eigenvalue weighted by Crippen LogP contribution is -2.39. The van der Waals surface area contributed by atoms with Crippen LogP contribution in [0.2, 0.25) is 0 Å². The molecule has 1 rings (SSSR count). The van der Waals surface area contributed by atoms with Crippen molar-refractivity contribution in [1.29, 1.82) is 0 Å². The number of Topliss-reactive ketones (excluding diaryl/α,β-unsaturated/α-hetero) is 1. The van der Waals surface area contributed by atoms with Crippen LogP contribution >= 0.6 is 0 Å². The first-order valence-electron chi connectivity index (χ1n) is 5.09. The van der Waals surface area contributed by atoms with Gasteiger partial charge in [-0.05, 0) is 31.7 Å². The van der Waals surface area contributed by atoms with E-state index in [0.717, 1.165) is 19.3 Å². The summed E-state index contributed by atoms with van der Waals surface area (Å²) in [5, 5.41) is 0. The Morgan fingerprint density at radius 1 is 1.69 bits per heavy atom. The van der Waals surface area contributed by atoms with Crippen molar-refractivity contribution in [2.75, 3.05) is 6.54 Å². The average molecular weight is 184 g/mol. The van der Waals surface area contributed by atoms with Gasteiger partial charge in [0.05, 0.1) is 5.54 Å². The molecule has 3 atom stereocenters. The molecule has 0 aromatic heterocycles. The fourth-order valence-corrected chi connectivity index (χ4v) is 1.86. The monoisotopic (exact) mass is 184 g/mol. The molecule has 0 heterocycles. The number of rotatable bonds is 5. The van der Waals surface area contributed by atoms with E-state index in [9.17, 15) is 4.79 Å². The smallest absolute Gasteiger partial charge is 0.155 e. The second-order valence-electron chi connectivity index (χ2n) is 4.19. The Kier molecular flexibility index (Phi) is 3.09. The van der Waals surface area contributed by atoms with E-state index in [-0.39, 0.29) is 11.7 Å². The summed E-state index contributed by atoms with van der Waals surface area (Å²) in [6.07, 6.45) is 2.61. The molecule has 1 aliphatic carbocycles. The molecule has 3 nitrogen and oxygen atoms in total. The van der Waals surface area contributed by atoms with Crippen LogP contribution in [0, 0.1) is 11.8 Å². The van der Waals surface area contributed by atoms with Crippen LogP contribution < -0.4 is 11.5 Å². The molecule has 0 amide bonds. The minimum Gasteiger partial charge on any atom is -0.330 e. The highest BCUT2D eigenvalue weighted by Crippen LogP contribution is 2.45. The number of nitrogens with two attached hydrogens (primary N) is 2. The zero-order chi connectivity index (χ0) is 10.1. The zero-order valence-corrected chi connectivity index (χ0v) is 8.55. The molecule has 2 unspecified atom stereocenters. The van der Waals surface area contributed by atoms with Gasteiger partial charge < -0.3 is 11.5 Å². The molecule has 13 heavy (non-hydrogen) atoms. The van der Waals surface area contributed by atoms with Crippen molar-refractivity contribution in [2.45, 2.75) is 38.6 Å². The third kappa shape index (κ3) is 1.92. The van der Waals surface area contributed by atoms with Gasteiger partial charge in [-0.1, -0.05) is 13.8 Å². The number of hydrogen-bond acceptors (Lipinski definition) is 3. The van der Waals surface area contributed by atoms with Crippen molar-refractivity contribution < 1.29 is 4.79 Å². The van der Waals surface area contributed by atoms with E-state index in [0.29, 0.717) is 12.5 Å². The lowest BCUT2D eigenvalue weighted by Gasteiger charge is -2.14. The third-order valence-electron chi connectivity index (χ3n) is 3.19. The predicted octanol–water partition coefficient (Wildman–Crippen LogP) is 0.668. The van der Waals surface area contributed by atoms with Crippen molar-refractivity contribution in [2.24, 2.45) is 23.3 Å². The van der Waals surface area contributed by atoms with Gasteiger partial charge in [0.15, 0.2) is 5.78 Å². The van der Waals surface area contributed by atoms with Crippen molar-refractivity contribution in [3.63, 3.8) is 0 Å². The van der Waals surface area contributed by atoms with E-state index >= 15 is 0 Å². The van der Waals surface area contributed by atoms with Crippen LogP contribution in [0.3, 0.4) is 0 Å². The lowest BCUT2D eigenvalue weighted by molar-refractivity contribution is -0.125. The maximum absolute atomic E-state index is 11.8. The highest BCUT2D eigenvalue weighted by atomic mass is 16.1. The van der Waals surface area contributed by atoms with Gasteiger partial charge in [-0.15, -0.1) is 0 Å². The Labute approximate surface area is 79.9 Å². The Morgan fingerprint density at radius 3 is 2.77 bits per heavy atom. The van der Waals surface area contributed by atoms with Crippen molar-refractivity contribution >= 4 is 5.78 Å². The van der Waals surface area contributed by atoms with Gasteiger partial charge in [-0.3, -0.25) is 4.79 Å². The van der Waals surface area contributed by atoms with Gasteiger partial charge in [0, 0.05) is 5.92 Å². The van der Waals surface area contributed by atoms with E-state index in [1.165, 1.54) is 0 Å². The molecule has 0 aromatic rings. The van der Waals surface area contributed by atoms with Crippen molar-refractivity contribution in [3.8, 4) is 0 Å². The third-order valence-corrected chi connectivity index (χ3v) is 3.19. The molecular weight excluding hydrogens is 164 g/mol. The number of hydrogen-bond donors (Lipinski definition) is 2. The molecule has 76 valence electrons. The summed E-state index contributed by atoms with van der Waals surface area (Å²) >= 11 is 0. The summed E-state index contributed by atoms with van der Waals surface area (Å²) in [4.78, 5) is 11.8. The molecule has 0 spiro atoms. The fourth-order valence-electron chi connectivity index (χ4n) is 1.86. The number of ketones is 1. The molecule has 4 N–H and O–H groups in total. The van der Waals surface area contributed by atoms with Gasteiger partial charge in [0.25, 0.3) is 0 Å². The molecule has 0 radical (unpaired) electrons. The van der Waals surface area contributed by atoms with Crippen LogP contribution in [-0.4, -0.2) is 17.9 Å². The fraction of sp³-hybridized carbons (Fsp3) is 0.900. The number of carbonyl (C=O) groups is 1. The lowest BCUT2D eigenvalue weighted by atomic mass is 9.94. The largest absolute Gasteiger partial charge is 0.330 e. The Balaban J connectivity index is 2.49. The van der Waals surface area contributed by atoms with Crippen LogP contribution in [0.15, 0.2) is 0 Å². The summed E-state index contributed by atoms with van der Waals surface area (Å²) < 4.78 is 0. The molecule has 0 bridgehead atoms. The van der Waals surface area contributed by atoms with Gasteiger partial charge in [-0.2, -0.15) is 0 Å². The van der Waals surface area contributed by atoms with Crippen LogP contribution in [0.1, 0.15) is 33.1 Å². The highest BCUT2D eigenvalue weighted by Gasteiger charge is 2.56. The van der Waals surface area contributed by atoms with Crippen molar-refractivity contribution in [1.82, 2.24) is 0 Å².